The Balaban J connectivity index is 1.58. The standard InChI is InChI=1S/C22H23N5O2S/c1-14-7-6-8-17(11-14)27-16(3)24-25-22(27)30-13-21(29)26-15(2)12-20(28)23-18-9-4-5-10-19(18)26/h4-11,15H,12-13H2,1-3H3,(H,23,28)/t15-/m1/s1. The number of aromatic nitrogens is 3. The number of benzene rings is 2. The molecular formula is C22H23N5O2S. The Morgan fingerprint density at radius 1 is 1.17 bits per heavy atom. The van der Waals surface area contributed by atoms with Gasteiger partial charge in [-0.1, -0.05) is 36.0 Å². The van der Waals surface area contributed by atoms with E-state index in [0.717, 1.165) is 22.8 Å². The second-order valence-corrected chi connectivity index (χ2v) is 8.32. The van der Waals surface area contributed by atoms with Crippen molar-refractivity contribution in [3.8, 4) is 5.69 Å². The fraction of sp³-hybridized carbons (Fsp3) is 0.273. The van der Waals surface area contributed by atoms with E-state index in [-0.39, 0.29) is 30.0 Å². The summed E-state index contributed by atoms with van der Waals surface area (Å²) in [5.41, 5.74) is 3.48. The Morgan fingerprint density at radius 2 is 1.97 bits per heavy atom. The molecule has 1 atom stereocenters. The van der Waals surface area contributed by atoms with Crippen LogP contribution in [0.4, 0.5) is 11.4 Å². The summed E-state index contributed by atoms with van der Waals surface area (Å²) in [5.74, 6) is 0.788. The number of hydrogen-bond acceptors (Lipinski definition) is 5. The minimum absolute atomic E-state index is 0.0760. The first kappa shape index (κ1) is 20.2. The molecule has 0 radical (unpaired) electrons. The molecule has 2 aromatic carbocycles. The number of nitrogens with one attached hydrogen (secondary N) is 1. The van der Waals surface area contributed by atoms with Crippen LogP contribution in [0.25, 0.3) is 5.69 Å². The van der Waals surface area contributed by atoms with Crippen molar-refractivity contribution < 1.29 is 9.59 Å². The van der Waals surface area contributed by atoms with Crippen LogP contribution in [0.15, 0.2) is 53.7 Å². The van der Waals surface area contributed by atoms with Gasteiger partial charge in [0, 0.05) is 18.2 Å². The molecule has 0 saturated carbocycles. The monoisotopic (exact) mass is 421 g/mol. The van der Waals surface area contributed by atoms with Crippen molar-refractivity contribution in [3.63, 3.8) is 0 Å². The number of fused-ring (bicyclic) bond motifs is 1. The van der Waals surface area contributed by atoms with Crippen LogP contribution >= 0.6 is 11.8 Å². The molecule has 8 heteroatoms. The molecule has 7 nitrogen and oxygen atoms in total. The molecule has 1 N–H and O–H groups in total. The van der Waals surface area contributed by atoms with Crippen molar-refractivity contribution in [2.45, 2.75) is 38.4 Å². The van der Waals surface area contributed by atoms with Crippen LogP contribution in [-0.4, -0.2) is 38.4 Å². The number of thioether (sulfide) groups is 1. The van der Waals surface area contributed by atoms with Crippen molar-refractivity contribution >= 4 is 35.0 Å². The fourth-order valence-corrected chi connectivity index (χ4v) is 4.52. The maximum atomic E-state index is 13.2. The number of rotatable bonds is 4. The van der Waals surface area contributed by atoms with E-state index in [9.17, 15) is 9.59 Å². The summed E-state index contributed by atoms with van der Waals surface area (Å²) < 4.78 is 1.95. The molecule has 30 heavy (non-hydrogen) atoms. The van der Waals surface area contributed by atoms with Gasteiger partial charge in [0.15, 0.2) is 5.16 Å². The van der Waals surface area contributed by atoms with Gasteiger partial charge in [-0.2, -0.15) is 0 Å². The number of aryl methyl sites for hydroxylation is 2. The van der Waals surface area contributed by atoms with E-state index < -0.39 is 0 Å². The number of carbonyl (C=O) groups is 2. The second kappa shape index (κ2) is 8.31. The first-order valence-electron chi connectivity index (χ1n) is 9.77. The second-order valence-electron chi connectivity index (χ2n) is 7.38. The maximum Gasteiger partial charge on any atom is 0.237 e. The molecule has 2 amide bonds. The van der Waals surface area contributed by atoms with Crippen LogP contribution < -0.4 is 10.2 Å². The number of carbonyl (C=O) groups excluding carboxylic acids is 2. The first-order chi connectivity index (χ1) is 14.4. The molecule has 0 bridgehead atoms. The van der Waals surface area contributed by atoms with Gasteiger partial charge in [-0.25, -0.2) is 0 Å². The Morgan fingerprint density at radius 3 is 2.77 bits per heavy atom. The van der Waals surface area contributed by atoms with Crippen LogP contribution in [0.5, 0.6) is 0 Å². The van der Waals surface area contributed by atoms with Gasteiger partial charge in [-0.3, -0.25) is 14.2 Å². The predicted molar refractivity (Wildman–Crippen MR) is 118 cm³/mol. The summed E-state index contributed by atoms with van der Waals surface area (Å²) in [6.07, 6.45) is 0.254. The average molecular weight is 422 g/mol. The molecule has 0 saturated heterocycles. The van der Waals surface area contributed by atoms with Gasteiger partial charge in [0.05, 0.1) is 17.1 Å². The van der Waals surface area contributed by atoms with E-state index in [1.807, 2.05) is 67.8 Å². The highest BCUT2D eigenvalue weighted by Crippen LogP contribution is 2.32. The van der Waals surface area contributed by atoms with Gasteiger partial charge in [0.2, 0.25) is 11.8 Å². The quantitative estimate of drug-likeness (QED) is 0.649. The van der Waals surface area contributed by atoms with E-state index in [1.54, 1.807) is 4.90 Å². The summed E-state index contributed by atoms with van der Waals surface area (Å²) in [7, 11) is 0. The van der Waals surface area contributed by atoms with Gasteiger partial charge in [0.1, 0.15) is 5.82 Å². The van der Waals surface area contributed by atoms with Crippen LogP contribution in [0, 0.1) is 13.8 Å². The largest absolute Gasteiger partial charge is 0.324 e. The molecule has 1 aliphatic heterocycles. The fourth-order valence-electron chi connectivity index (χ4n) is 3.66. The number of anilines is 2. The SMILES string of the molecule is Cc1cccc(-n2c(C)nnc2SCC(=O)N2c3ccccc3NC(=O)C[C@H]2C)c1. The number of hydrogen-bond donors (Lipinski definition) is 1. The zero-order valence-electron chi connectivity index (χ0n) is 17.1. The zero-order chi connectivity index (χ0) is 21.3. The lowest BCUT2D eigenvalue weighted by Gasteiger charge is -2.27. The van der Waals surface area contributed by atoms with Crippen molar-refractivity contribution in [3.05, 3.63) is 59.9 Å². The van der Waals surface area contributed by atoms with Crippen LogP contribution in [0.1, 0.15) is 24.7 Å². The Bertz CT molecular complexity index is 1110. The lowest BCUT2D eigenvalue weighted by atomic mass is 10.2. The van der Waals surface area contributed by atoms with E-state index in [4.69, 9.17) is 0 Å². The third-order valence-corrected chi connectivity index (χ3v) is 5.92. The number of nitrogens with zero attached hydrogens (tertiary/aromatic N) is 4. The van der Waals surface area contributed by atoms with Crippen LogP contribution in [0.2, 0.25) is 0 Å². The minimum atomic E-state index is -0.238. The molecule has 154 valence electrons. The molecule has 1 aromatic heterocycles. The summed E-state index contributed by atoms with van der Waals surface area (Å²) in [5, 5.41) is 12.0. The third kappa shape index (κ3) is 3.95. The summed E-state index contributed by atoms with van der Waals surface area (Å²) in [4.78, 5) is 27.1. The summed E-state index contributed by atoms with van der Waals surface area (Å²) in [6, 6.07) is 15.2. The molecule has 3 aromatic rings. The number of para-hydroxylation sites is 2. The lowest BCUT2D eigenvalue weighted by molar-refractivity contribution is -0.117. The normalized spacial score (nSPS) is 16.0. The van der Waals surface area contributed by atoms with Crippen LogP contribution in [0.3, 0.4) is 0 Å². The van der Waals surface area contributed by atoms with Gasteiger partial charge in [0.25, 0.3) is 0 Å². The van der Waals surface area contributed by atoms with Crippen molar-refractivity contribution in [2.24, 2.45) is 0 Å². The summed E-state index contributed by atoms with van der Waals surface area (Å²) >= 11 is 1.35. The highest BCUT2D eigenvalue weighted by molar-refractivity contribution is 7.99. The Labute approximate surface area is 179 Å². The van der Waals surface area contributed by atoms with Crippen molar-refractivity contribution in [2.75, 3.05) is 16.0 Å². The van der Waals surface area contributed by atoms with Crippen LogP contribution in [-0.2, 0) is 9.59 Å². The van der Waals surface area contributed by atoms with Gasteiger partial charge >= 0.3 is 0 Å². The van der Waals surface area contributed by atoms with E-state index in [1.165, 1.54) is 11.8 Å². The Hall–Kier alpha value is -3.13. The molecule has 0 unspecified atom stereocenters. The Kier molecular flexibility index (Phi) is 5.59. The first-order valence-corrected chi connectivity index (χ1v) is 10.8. The molecular weight excluding hydrogens is 398 g/mol. The molecule has 0 fully saturated rings. The van der Waals surface area contributed by atoms with Gasteiger partial charge in [-0.05, 0) is 50.6 Å². The molecule has 2 heterocycles. The van der Waals surface area contributed by atoms with E-state index >= 15 is 0 Å². The molecule has 1 aliphatic rings. The topological polar surface area (TPSA) is 80.1 Å². The molecule has 4 rings (SSSR count). The maximum absolute atomic E-state index is 13.2. The summed E-state index contributed by atoms with van der Waals surface area (Å²) in [6.45, 7) is 5.82. The molecule has 0 spiro atoms. The highest BCUT2D eigenvalue weighted by Gasteiger charge is 2.29. The highest BCUT2D eigenvalue weighted by atomic mass is 32.2. The van der Waals surface area contributed by atoms with Crippen molar-refractivity contribution in [1.29, 1.82) is 0 Å². The smallest absolute Gasteiger partial charge is 0.237 e. The number of amides is 2. The van der Waals surface area contributed by atoms with E-state index in [0.29, 0.717) is 10.8 Å². The third-order valence-electron chi connectivity index (χ3n) is 5.01. The zero-order valence-corrected chi connectivity index (χ0v) is 17.9. The average Bonchev–Trinajstić information content (AvgIpc) is 3.01. The van der Waals surface area contributed by atoms with Crippen molar-refractivity contribution in [1.82, 2.24) is 14.8 Å². The molecule has 0 aliphatic carbocycles. The lowest BCUT2D eigenvalue weighted by Crippen LogP contribution is -2.40. The van der Waals surface area contributed by atoms with Gasteiger partial charge < -0.3 is 10.2 Å². The predicted octanol–water partition coefficient (Wildman–Crippen LogP) is 3.74. The van der Waals surface area contributed by atoms with Gasteiger partial charge in [-0.15, -0.1) is 10.2 Å². The van der Waals surface area contributed by atoms with E-state index in [2.05, 4.69) is 21.6 Å². The minimum Gasteiger partial charge on any atom is -0.324 e.